The quantitative estimate of drug-likeness (QED) is 0.560. The van der Waals surface area contributed by atoms with Crippen molar-refractivity contribution in [2.45, 2.75) is 50.8 Å². The lowest BCUT2D eigenvalue weighted by Gasteiger charge is -2.31. The van der Waals surface area contributed by atoms with E-state index in [-0.39, 0.29) is 0 Å². The Morgan fingerprint density at radius 2 is 1.75 bits per heavy atom. The van der Waals surface area contributed by atoms with Gasteiger partial charge >= 0.3 is 24.1 Å². The van der Waals surface area contributed by atoms with Crippen LogP contribution in [0.4, 0.5) is 13.2 Å². The Balaban J connectivity index is 2.59. The number of aliphatic carboxylic acids is 1. The molecule has 0 aliphatic heterocycles. The highest BCUT2D eigenvalue weighted by molar-refractivity contribution is 5.94. The van der Waals surface area contributed by atoms with Gasteiger partial charge in [-0.15, -0.1) is 0 Å². The number of hydrogen-bond donors (Lipinski definition) is 1. The molecule has 6 nitrogen and oxygen atoms in total. The van der Waals surface area contributed by atoms with Crippen LogP contribution >= 0.6 is 0 Å². The van der Waals surface area contributed by atoms with Gasteiger partial charge in [0.1, 0.15) is 0 Å². The molecule has 1 aliphatic rings. The number of carbonyl (C=O) groups is 3. The van der Waals surface area contributed by atoms with Crippen molar-refractivity contribution in [3.05, 3.63) is 12.2 Å². The fraction of sp³-hybridized carbons (Fsp3) is 0.667. The van der Waals surface area contributed by atoms with Crippen LogP contribution in [0.3, 0.4) is 0 Å². The fourth-order valence-electron chi connectivity index (χ4n) is 2.53. The lowest BCUT2D eigenvalue weighted by molar-refractivity contribution is -0.236. The highest BCUT2D eigenvalue weighted by Gasteiger charge is 2.47. The molecule has 0 amide bonds. The molecule has 1 atom stereocenters. The molecule has 0 aromatic rings. The van der Waals surface area contributed by atoms with Gasteiger partial charge in [-0.05, 0) is 12.8 Å². The summed E-state index contributed by atoms with van der Waals surface area (Å²) in [6.45, 7) is 2.27. The topological polar surface area (TPSA) is 89.9 Å². The molecule has 136 valence electrons. The van der Waals surface area contributed by atoms with E-state index in [1.807, 2.05) is 0 Å². The lowest BCUT2D eigenvalue weighted by Crippen LogP contribution is -2.41. The van der Waals surface area contributed by atoms with Crippen LogP contribution in [0.1, 0.15) is 38.5 Å². The summed E-state index contributed by atoms with van der Waals surface area (Å²) in [5, 5.41) is 8.36. The van der Waals surface area contributed by atoms with Crippen LogP contribution in [0.25, 0.3) is 0 Å². The Kier molecular flexibility index (Phi) is 7.24. The van der Waals surface area contributed by atoms with E-state index in [2.05, 4.69) is 16.1 Å². The van der Waals surface area contributed by atoms with Crippen LogP contribution in [-0.2, 0) is 23.9 Å². The second-order valence-corrected chi connectivity index (χ2v) is 5.60. The van der Waals surface area contributed by atoms with Gasteiger partial charge in [0.15, 0.2) is 12.7 Å². The first-order valence-corrected chi connectivity index (χ1v) is 7.44. The molecule has 1 aliphatic carbocycles. The number of hydrogen-bond acceptors (Lipinski definition) is 5. The molecule has 0 heterocycles. The van der Waals surface area contributed by atoms with Crippen LogP contribution in [0.15, 0.2) is 12.2 Å². The summed E-state index contributed by atoms with van der Waals surface area (Å²) >= 11 is 0. The lowest BCUT2D eigenvalue weighted by atomic mass is 9.85. The summed E-state index contributed by atoms with van der Waals surface area (Å²) < 4.78 is 48.2. The molecular formula is C15H19F3O6. The third-order valence-electron chi connectivity index (χ3n) is 3.63. The van der Waals surface area contributed by atoms with Gasteiger partial charge < -0.3 is 14.6 Å². The van der Waals surface area contributed by atoms with E-state index in [0.717, 1.165) is 6.42 Å². The molecule has 0 radical (unpaired) electrons. The zero-order valence-corrected chi connectivity index (χ0v) is 12.9. The maximum absolute atomic E-state index is 13.1. The molecule has 0 aromatic carbocycles. The Morgan fingerprint density at radius 1 is 1.17 bits per heavy atom. The third kappa shape index (κ3) is 6.59. The molecule has 1 fully saturated rings. The molecule has 1 saturated carbocycles. The average Bonchev–Trinajstić information content (AvgIpc) is 2.49. The van der Waals surface area contributed by atoms with Gasteiger partial charge in [-0.25, -0.2) is 9.59 Å². The SMILES string of the molecule is C=C(CC(=O)OC(C1CCCCC1)C(F)(F)F)C(=O)OCC(=O)O. The van der Waals surface area contributed by atoms with Crippen LogP contribution in [0.2, 0.25) is 0 Å². The first kappa shape index (κ1) is 20.0. The zero-order chi connectivity index (χ0) is 18.3. The molecule has 0 bridgehead atoms. The van der Waals surface area contributed by atoms with E-state index in [4.69, 9.17) is 5.11 Å². The second-order valence-electron chi connectivity index (χ2n) is 5.60. The Morgan fingerprint density at radius 3 is 2.25 bits per heavy atom. The number of alkyl halides is 3. The summed E-state index contributed by atoms with van der Waals surface area (Å²) in [6.07, 6.45) is -4.93. The van der Waals surface area contributed by atoms with Crippen molar-refractivity contribution in [1.29, 1.82) is 0 Å². The van der Waals surface area contributed by atoms with Crippen LogP contribution < -0.4 is 0 Å². The molecule has 1 unspecified atom stereocenters. The van der Waals surface area contributed by atoms with Gasteiger partial charge in [0.2, 0.25) is 0 Å². The minimum atomic E-state index is -4.69. The van der Waals surface area contributed by atoms with Crippen molar-refractivity contribution < 1.29 is 42.1 Å². The van der Waals surface area contributed by atoms with Crippen LogP contribution in [-0.4, -0.2) is 41.9 Å². The molecule has 0 aromatic heterocycles. The third-order valence-corrected chi connectivity index (χ3v) is 3.63. The van der Waals surface area contributed by atoms with Crippen molar-refractivity contribution >= 4 is 17.9 Å². The first-order valence-electron chi connectivity index (χ1n) is 7.44. The minimum Gasteiger partial charge on any atom is -0.479 e. The summed E-state index contributed by atoms with van der Waals surface area (Å²) in [5.74, 6) is -4.63. The van der Waals surface area contributed by atoms with E-state index < -0.39 is 54.7 Å². The summed E-state index contributed by atoms with van der Waals surface area (Å²) in [5.41, 5.74) is -0.467. The van der Waals surface area contributed by atoms with Gasteiger partial charge in [0.25, 0.3) is 0 Å². The minimum absolute atomic E-state index is 0.319. The van der Waals surface area contributed by atoms with E-state index >= 15 is 0 Å². The van der Waals surface area contributed by atoms with Crippen molar-refractivity contribution in [1.82, 2.24) is 0 Å². The van der Waals surface area contributed by atoms with Crippen LogP contribution in [0, 0.1) is 5.92 Å². The van der Waals surface area contributed by atoms with Crippen LogP contribution in [0.5, 0.6) is 0 Å². The smallest absolute Gasteiger partial charge is 0.425 e. The number of carboxylic acid groups (broad SMARTS) is 1. The van der Waals surface area contributed by atoms with E-state index in [1.54, 1.807) is 0 Å². The van der Waals surface area contributed by atoms with E-state index in [9.17, 15) is 27.6 Å². The van der Waals surface area contributed by atoms with Crippen molar-refractivity contribution in [2.24, 2.45) is 5.92 Å². The standard InChI is InChI=1S/C15H19F3O6/c1-9(14(22)23-8-11(19)20)7-12(21)24-13(15(16,17)18)10-5-3-2-4-6-10/h10,13H,1-8H2,(H,19,20). The van der Waals surface area contributed by atoms with E-state index in [1.165, 1.54) is 0 Å². The normalized spacial score (nSPS) is 17.0. The molecule has 24 heavy (non-hydrogen) atoms. The van der Waals surface area contributed by atoms with Crippen molar-refractivity contribution in [3.8, 4) is 0 Å². The second kappa shape index (κ2) is 8.70. The number of ether oxygens (including phenoxy) is 2. The monoisotopic (exact) mass is 352 g/mol. The van der Waals surface area contributed by atoms with Gasteiger partial charge in [-0.1, -0.05) is 25.8 Å². The Labute approximate surface area is 136 Å². The maximum Gasteiger partial charge on any atom is 0.425 e. The highest BCUT2D eigenvalue weighted by atomic mass is 19.4. The molecule has 9 heteroatoms. The number of carboxylic acids is 1. The predicted octanol–water partition coefficient (Wildman–Crippen LogP) is 2.61. The molecule has 1 rings (SSSR count). The van der Waals surface area contributed by atoms with Gasteiger partial charge in [0, 0.05) is 11.5 Å². The fourth-order valence-corrected chi connectivity index (χ4v) is 2.53. The zero-order valence-electron chi connectivity index (χ0n) is 12.9. The largest absolute Gasteiger partial charge is 0.479 e. The first-order chi connectivity index (χ1) is 11.1. The maximum atomic E-state index is 13.1. The van der Waals surface area contributed by atoms with E-state index in [0.29, 0.717) is 25.7 Å². The molecular weight excluding hydrogens is 333 g/mol. The Hall–Kier alpha value is -2.06. The van der Waals surface area contributed by atoms with Gasteiger partial charge in [-0.2, -0.15) is 13.2 Å². The number of halogens is 3. The molecule has 0 saturated heterocycles. The number of esters is 2. The summed E-state index contributed by atoms with van der Waals surface area (Å²) in [7, 11) is 0. The average molecular weight is 352 g/mol. The number of carbonyl (C=O) groups excluding carboxylic acids is 2. The summed E-state index contributed by atoms with van der Waals surface area (Å²) in [6, 6.07) is 0. The number of rotatable bonds is 7. The van der Waals surface area contributed by atoms with Gasteiger partial charge in [-0.3, -0.25) is 4.79 Å². The molecule has 1 N–H and O–H groups in total. The van der Waals surface area contributed by atoms with Gasteiger partial charge in [0.05, 0.1) is 6.42 Å². The molecule has 0 spiro atoms. The summed E-state index contributed by atoms with van der Waals surface area (Å²) in [4.78, 5) is 33.3. The van der Waals surface area contributed by atoms with Crippen molar-refractivity contribution in [2.75, 3.05) is 6.61 Å². The predicted molar refractivity (Wildman–Crippen MR) is 74.9 cm³/mol. The van der Waals surface area contributed by atoms with Crippen molar-refractivity contribution in [3.63, 3.8) is 0 Å². The highest BCUT2D eigenvalue weighted by Crippen LogP contribution is 2.36. The Bertz CT molecular complexity index is 494.